The van der Waals surface area contributed by atoms with Crippen LogP contribution in [0.15, 0.2) is 60.9 Å². The summed E-state index contributed by atoms with van der Waals surface area (Å²) in [7, 11) is 0. The molecule has 0 aliphatic rings. The molecule has 0 bridgehead atoms. The highest BCUT2D eigenvalue weighted by Crippen LogP contribution is 2.27. The van der Waals surface area contributed by atoms with Gasteiger partial charge < -0.3 is 10.6 Å². The van der Waals surface area contributed by atoms with Crippen molar-refractivity contribution < 1.29 is 4.79 Å². The number of fused-ring (bicyclic) bond motifs is 1. The third-order valence-corrected chi connectivity index (χ3v) is 4.49. The summed E-state index contributed by atoms with van der Waals surface area (Å²) in [5, 5.41) is 13.9. The molecule has 0 radical (unpaired) electrons. The summed E-state index contributed by atoms with van der Waals surface area (Å²) in [4.78, 5) is 21.0. The molecule has 0 spiro atoms. The van der Waals surface area contributed by atoms with Gasteiger partial charge in [-0.25, -0.2) is 9.78 Å². The van der Waals surface area contributed by atoms with Gasteiger partial charge in [0.25, 0.3) is 0 Å². The number of pyridine rings is 2. The molecule has 3 heterocycles. The van der Waals surface area contributed by atoms with Gasteiger partial charge in [0.1, 0.15) is 5.69 Å². The monoisotopic (exact) mass is 372 g/mol. The van der Waals surface area contributed by atoms with Gasteiger partial charge in [-0.3, -0.25) is 10.1 Å². The van der Waals surface area contributed by atoms with Crippen LogP contribution in [0.25, 0.3) is 22.3 Å². The van der Waals surface area contributed by atoms with Crippen molar-refractivity contribution in [2.75, 3.05) is 5.32 Å². The number of nitrogens with zero attached hydrogens (tertiary/aromatic N) is 3. The number of nitrogens with one attached hydrogen (secondary N) is 3. The highest BCUT2D eigenvalue weighted by atomic mass is 16.2. The predicted molar refractivity (Wildman–Crippen MR) is 109 cm³/mol. The molecule has 1 atom stereocenters. The standard InChI is InChI=1S/C21H20N6O/c1-13-10-16(8-9-22-13)19-18-11-17(12-23-20(18)27-26-19)25-21(28)24-14(2)15-6-4-3-5-7-15/h3-12,14H,1-2H3,(H,23,26,27)(H2,24,25,28)/t14-/m0/s1. The van der Waals surface area contributed by atoms with Crippen LogP contribution in [0.3, 0.4) is 0 Å². The second-order valence-electron chi connectivity index (χ2n) is 6.61. The van der Waals surface area contributed by atoms with E-state index in [4.69, 9.17) is 0 Å². The number of urea groups is 1. The molecule has 4 rings (SSSR count). The summed E-state index contributed by atoms with van der Waals surface area (Å²) in [5.41, 5.74) is 4.92. The Morgan fingerprint density at radius 1 is 1.11 bits per heavy atom. The van der Waals surface area contributed by atoms with E-state index in [2.05, 4.69) is 30.8 Å². The molecule has 7 nitrogen and oxygen atoms in total. The van der Waals surface area contributed by atoms with Crippen molar-refractivity contribution in [3.8, 4) is 11.3 Å². The van der Waals surface area contributed by atoms with Crippen LogP contribution in [0.4, 0.5) is 10.5 Å². The normalized spacial score (nSPS) is 11.9. The molecule has 0 saturated carbocycles. The van der Waals surface area contributed by atoms with Gasteiger partial charge in [-0.1, -0.05) is 30.3 Å². The van der Waals surface area contributed by atoms with E-state index in [1.807, 2.05) is 62.4 Å². The van der Waals surface area contributed by atoms with Crippen molar-refractivity contribution in [3.63, 3.8) is 0 Å². The van der Waals surface area contributed by atoms with Crippen molar-refractivity contribution in [1.29, 1.82) is 0 Å². The largest absolute Gasteiger partial charge is 0.331 e. The molecular weight excluding hydrogens is 352 g/mol. The van der Waals surface area contributed by atoms with E-state index < -0.39 is 0 Å². The molecule has 2 amide bonds. The number of anilines is 1. The summed E-state index contributed by atoms with van der Waals surface area (Å²) >= 11 is 0. The van der Waals surface area contributed by atoms with Gasteiger partial charge in [0.2, 0.25) is 0 Å². The average Bonchev–Trinajstić information content (AvgIpc) is 3.12. The third kappa shape index (κ3) is 3.68. The fraction of sp³-hybridized carbons (Fsp3) is 0.143. The number of carbonyl (C=O) groups excluding carboxylic acids is 1. The Morgan fingerprint density at radius 2 is 1.93 bits per heavy atom. The number of hydrogen-bond donors (Lipinski definition) is 3. The van der Waals surface area contributed by atoms with Crippen LogP contribution >= 0.6 is 0 Å². The number of amides is 2. The zero-order valence-electron chi connectivity index (χ0n) is 15.6. The summed E-state index contributed by atoms with van der Waals surface area (Å²) in [6, 6.07) is 15.1. The molecule has 0 unspecified atom stereocenters. The number of aryl methyl sites for hydroxylation is 1. The number of aromatic nitrogens is 4. The van der Waals surface area contributed by atoms with E-state index in [1.165, 1.54) is 0 Å². The minimum atomic E-state index is -0.290. The quantitative estimate of drug-likeness (QED) is 0.500. The van der Waals surface area contributed by atoms with E-state index in [1.54, 1.807) is 12.4 Å². The van der Waals surface area contributed by atoms with Crippen molar-refractivity contribution >= 4 is 22.8 Å². The van der Waals surface area contributed by atoms with Crippen LogP contribution in [0.2, 0.25) is 0 Å². The Bertz CT molecular complexity index is 1120. The van der Waals surface area contributed by atoms with E-state index in [9.17, 15) is 4.79 Å². The number of H-pyrrole nitrogens is 1. The zero-order chi connectivity index (χ0) is 19.5. The number of aromatic amines is 1. The highest BCUT2D eigenvalue weighted by molar-refractivity contribution is 5.96. The second kappa shape index (κ2) is 7.48. The lowest BCUT2D eigenvalue weighted by molar-refractivity contribution is 0.249. The Morgan fingerprint density at radius 3 is 2.71 bits per heavy atom. The highest BCUT2D eigenvalue weighted by Gasteiger charge is 2.13. The second-order valence-corrected chi connectivity index (χ2v) is 6.61. The molecule has 1 aromatic carbocycles. The van der Waals surface area contributed by atoms with Crippen LogP contribution < -0.4 is 10.6 Å². The number of benzene rings is 1. The van der Waals surface area contributed by atoms with Crippen molar-refractivity contribution in [1.82, 2.24) is 25.5 Å². The summed E-state index contributed by atoms with van der Waals surface area (Å²) < 4.78 is 0. The smallest absolute Gasteiger partial charge is 0.319 e. The summed E-state index contributed by atoms with van der Waals surface area (Å²) in [6.07, 6.45) is 3.36. The number of rotatable bonds is 4. The molecule has 0 saturated heterocycles. The van der Waals surface area contributed by atoms with Crippen molar-refractivity contribution in [3.05, 3.63) is 72.2 Å². The maximum absolute atomic E-state index is 12.4. The predicted octanol–water partition coefficient (Wildman–Crippen LogP) is 4.21. The maximum atomic E-state index is 12.4. The number of carbonyl (C=O) groups is 1. The van der Waals surface area contributed by atoms with Crippen LogP contribution in [0.5, 0.6) is 0 Å². The van der Waals surface area contributed by atoms with E-state index in [0.717, 1.165) is 27.9 Å². The topological polar surface area (TPSA) is 95.6 Å². The van der Waals surface area contributed by atoms with Gasteiger partial charge >= 0.3 is 6.03 Å². The average molecular weight is 372 g/mol. The lowest BCUT2D eigenvalue weighted by atomic mass is 10.1. The van der Waals surface area contributed by atoms with Gasteiger partial charge in [-0.15, -0.1) is 0 Å². The van der Waals surface area contributed by atoms with Gasteiger partial charge in [0.15, 0.2) is 5.65 Å². The first-order valence-corrected chi connectivity index (χ1v) is 9.00. The SMILES string of the molecule is Cc1cc(-c2n[nH]c3ncc(NC(=O)N[C@@H](C)c4ccccc4)cc23)ccn1. The van der Waals surface area contributed by atoms with Crippen LogP contribution in [-0.2, 0) is 0 Å². The third-order valence-electron chi connectivity index (χ3n) is 4.49. The van der Waals surface area contributed by atoms with Crippen LogP contribution in [0, 0.1) is 6.92 Å². The van der Waals surface area contributed by atoms with Crippen molar-refractivity contribution in [2.24, 2.45) is 0 Å². The molecule has 0 aliphatic carbocycles. The van der Waals surface area contributed by atoms with E-state index >= 15 is 0 Å². The molecule has 3 N–H and O–H groups in total. The summed E-state index contributed by atoms with van der Waals surface area (Å²) in [5.74, 6) is 0. The van der Waals surface area contributed by atoms with Gasteiger partial charge in [-0.2, -0.15) is 5.10 Å². The van der Waals surface area contributed by atoms with Crippen LogP contribution in [0.1, 0.15) is 24.2 Å². The van der Waals surface area contributed by atoms with Gasteiger partial charge in [0, 0.05) is 22.8 Å². The first kappa shape index (κ1) is 17.7. The first-order chi connectivity index (χ1) is 13.6. The lowest BCUT2D eigenvalue weighted by Crippen LogP contribution is -2.31. The Labute approximate surface area is 162 Å². The summed E-state index contributed by atoms with van der Waals surface area (Å²) in [6.45, 7) is 3.87. The van der Waals surface area contributed by atoms with E-state index in [-0.39, 0.29) is 12.1 Å². The fourth-order valence-corrected chi connectivity index (χ4v) is 3.07. The molecule has 140 valence electrons. The lowest BCUT2D eigenvalue weighted by Gasteiger charge is -2.15. The Kier molecular flexibility index (Phi) is 4.72. The molecular formula is C21H20N6O. The fourth-order valence-electron chi connectivity index (χ4n) is 3.07. The first-order valence-electron chi connectivity index (χ1n) is 9.00. The molecule has 0 aliphatic heterocycles. The molecule has 4 aromatic rings. The van der Waals surface area contributed by atoms with E-state index in [0.29, 0.717) is 11.3 Å². The number of hydrogen-bond acceptors (Lipinski definition) is 4. The van der Waals surface area contributed by atoms with Crippen molar-refractivity contribution in [2.45, 2.75) is 19.9 Å². The molecule has 3 aromatic heterocycles. The maximum Gasteiger partial charge on any atom is 0.319 e. The van der Waals surface area contributed by atoms with Crippen LogP contribution in [-0.4, -0.2) is 26.2 Å². The molecule has 0 fully saturated rings. The zero-order valence-corrected chi connectivity index (χ0v) is 15.6. The minimum Gasteiger partial charge on any atom is -0.331 e. The molecule has 28 heavy (non-hydrogen) atoms. The minimum absolute atomic E-state index is 0.109. The Balaban J connectivity index is 1.54. The van der Waals surface area contributed by atoms with Gasteiger partial charge in [0.05, 0.1) is 17.9 Å². The molecule has 7 heteroatoms. The Hall–Kier alpha value is -3.74. The van der Waals surface area contributed by atoms with Gasteiger partial charge in [-0.05, 0) is 37.6 Å².